The van der Waals surface area contributed by atoms with Gasteiger partial charge in [0.2, 0.25) is 0 Å². The van der Waals surface area contributed by atoms with Gasteiger partial charge in [0.05, 0.1) is 0 Å². The molecule has 6 nitrogen and oxygen atoms in total. The number of hydrogen-bond donors (Lipinski definition) is 0. The molecule has 0 fully saturated rings. The van der Waals surface area contributed by atoms with E-state index < -0.39 is 17.6 Å². The Kier molecular flexibility index (Phi) is 27.2. The average Bonchev–Trinajstić information content (AvgIpc) is 2.81. The van der Waals surface area contributed by atoms with E-state index in [1.807, 2.05) is 0 Å². The van der Waals surface area contributed by atoms with Crippen LogP contribution in [0.25, 0.3) is 0 Å². The first-order valence-corrected chi connectivity index (χ1v) is 15.0. The van der Waals surface area contributed by atoms with E-state index in [4.69, 9.17) is 26.6 Å². The molecular formula is C22H52O6Si2. The van der Waals surface area contributed by atoms with Gasteiger partial charge < -0.3 is 26.6 Å². The Morgan fingerprint density at radius 3 is 1.30 bits per heavy atom. The maximum absolute atomic E-state index is 5.40. The van der Waals surface area contributed by atoms with Crippen LogP contribution in [0, 0.1) is 5.92 Å². The zero-order chi connectivity index (χ0) is 23.9. The summed E-state index contributed by atoms with van der Waals surface area (Å²) >= 11 is 0. The van der Waals surface area contributed by atoms with Crippen molar-refractivity contribution in [3.63, 3.8) is 0 Å². The lowest BCUT2D eigenvalue weighted by Crippen LogP contribution is -2.42. The first-order valence-electron chi connectivity index (χ1n) is 11.3. The maximum atomic E-state index is 5.40. The highest BCUT2D eigenvalue weighted by Gasteiger charge is 2.37. The summed E-state index contributed by atoms with van der Waals surface area (Å²) < 4.78 is 31.1. The fourth-order valence-corrected chi connectivity index (χ4v) is 5.77. The Morgan fingerprint density at radius 2 is 1.10 bits per heavy atom. The summed E-state index contributed by atoms with van der Waals surface area (Å²) in [6, 6.07) is 0.926. The minimum absolute atomic E-state index is 0.780. The summed E-state index contributed by atoms with van der Waals surface area (Å²) in [5.74, 6) is 0.780. The third-order valence-corrected chi connectivity index (χ3v) is 10.1. The second-order valence-electron chi connectivity index (χ2n) is 7.02. The van der Waals surface area contributed by atoms with Crippen molar-refractivity contribution in [2.75, 3.05) is 42.7 Å². The highest BCUT2D eigenvalue weighted by atomic mass is 28.4. The lowest BCUT2D eigenvalue weighted by molar-refractivity contribution is 0.121. The number of unbranched alkanes of at least 4 members (excludes halogenated alkanes) is 3. The van der Waals surface area contributed by atoms with E-state index in [1.54, 1.807) is 48.4 Å². The van der Waals surface area contributed by atoms with Crippen molar-refractivity contribution in [2.24, 2.45) is 5.92 Å². The summed E-state index contributed by atoms with van der Waals surface area (Å²) in [6.07, 6.45) is 10.5. The second kappa shape index (κ2) is 23.6. The van der Waals surface area contributed by atoms with Crippen LogP contribution in [0.2, 0.25) is 6.04 Å². The summed E-state index contributed by atoms with van der Waals surface area (Å²) in [7, 11) is 4.92. The molecule has 0 aliphatic carbocycles. The van der Waals surface area contributed by atoms with Crippen molar-refractivity contribution < 1.29 is 26.6 Å². The van der Waals surface area contributed by atoms with Gasteiger partial charge >= 0.3 is 17.6 Å². The van der Waals surface area contributed by atoms with Crippen molar-refractivity contribution in [2.45, 2.75) is 85.1 Å². The maximum Gasteiger partial charge on any atom is 0.528 e. The fourth-order valence-electron chi connectivity index (χ4n) is 2.90. The van der Waals surface area contributed by atoms with E-state index >= 15 is 0 Å². The molecule has 0 spiro atoms. The van der Waals surface area contributed by atoms with E-state index in [0.717, 1.165) is 18.4 Å². The highest BCUT2D eigenvalue weighted by molar-refractivity contribution is 6.66. The Balaban J connectivity index is -0.000000411. The van der Waals surface area contributed by atoms with Gasteiger partial charge in [0, 0.05) is 48.7 Å². The molecule has 30 heavy (non-hydrogen) atoms. The Labute approximate surface area is 190 Å². The summed E-state index contributed by atoms with van der Waals surface area (Å²) in [4.78, 5) is 0. The summed E-state index contributed by atoms with van der Waals surface area (Å²) in [5.41, 5.74) is 1.58. The number of hydrogen-bond acceptors (Lipinski definition) is 6. The zero-order valence-electron chi connectivity index (χ0n) is 21.7. The summed E-state index contributed by atoms with van der Waals surface area (Å²) in [6.45, 7) is 12.5. The minimum Gasteiger partial charge on any atom is -0.377 e. The largest absolute Gasteiger partial charge is 0.528 e. The quantitative estimate of drug-likeness (QED) is 0.197. The molecule has 0 aromatic rings. The van der Waals surface area contributed by atoms with Gasteiger partial charge in [-0.15, -0.1) is 0 Å². The van der Waals surface area contributed by atoms with E-state index in [0.29, 0.717) is 0 Å². The molecule has 1 unspecified atom stereocenters. The molecule has 0 rings (SSSR count). The first-order chi connectivity index (χ1) is 14.3. The SMILES string of the molecule is C=C[Si](OC)(OC)OC.CCCC(CC)CC[Si](OC)(OC)OC.CCCCCC. The average molecular weight is 469 g/mol. The van der Waals surface area contributed by atoms with Crippen molar-refractivity contribution in [3.05, 3.63) is 12.3 Å². The molecule has 0 N–H and O–H groups in total. The van der Waals surface area contributed by atoms with Crippen molar-refractivity contribution in [3.8, 4) is 0 Å². The van der Waals surface area contributed by atoms with Gasteiger partial charge in [-0.25, -0.2) is 0 Å². The molecule has 0 bridgehead atoms. The molecule has 0 amide bonds. The number of rotatable bonds is 16. The molecule has 0 saturated heterocycles. The Morgan fingerprint density at radius 1 is 0.667 bits per heavy atom. The Bertz CT molecular complexity index is 330. The minimum atomic E-state index is -2.43. The van der Waals surface area contributed by atoms with Crippen LogP contribution in [-0.2, 0) is 26.6 Å². The van der Waals surface area contributed by atoms with E-state index in [-0.39, 0.29) is 0 Å². The van der Waals surface area contributed by atoms with Gasteiger partial charge in [-0.3, -0.25) is 0 Å². The Hall–Kier alpha value is -0.0662. The topological polar surface area (TPSA) is 55.4 Å². The van der Waals surface area contributed by atoms with Gasteiger partial charge in [-0.05, 0) is 18.0 Å². The molecule has 0 radical (unpaired) electrons. The monoisotopic (exact) mass is 468 g/mol. The first kappa shape index (κ1) is 34.5. The van der Waals surface area contributed by atoms with Crippen LogP contribution in [0.5, 0.6) is 0 Å². The molecule has 184 valence electrons. The third kappa shape index (κ3) is 16.6. The molecule has 0 aliphatic heterocycles. The standard InChI is InChI=1S/C11H26O3Si.C6H14.C5H12O3Si/c1-6-8-11(7-2)9-10-15(12-3,13-4)14-5;1-3-5-6-4-2;1-5-9(6-2,7-3)8-4/h11H,6-10H2,1-5H3;3-6H2,1-2H3;5H,1H2,2-4H3. The second-order valence-corrected chi connectivity index (χ2v) is 13.0. The zero-order valence-corrected chi connectivity index (χ0v) is 23.7. The third-order valence-electron chi connectivity index (χ3n) is 5.13. The van der Waals surface area contributed by atoms with Gasteiger partial charge in [0.1, 0.15) is 0 Å². The van der Waals surface area contributed by atoms with Crippen LogP contribution in [0.1, 0.15) is 79.1 Å². The van der Waals surface area contributed by atoms with Gasteiger partial charge in [-0.2, -0.15) is 0 Å². The lowest BCUT2D eigenvalue weighted by atomic mass is 9.98. The van der Waals surface area contributed by atoms with Crippen LogP contribution in [0.15, 0.2) is 12.3 Å². The predicted molar refractivity (Wildman–Crippen MR) is 132 cm³/mol. The fraction of sp³-hybridized carbons (Fsp3) is 0.909. The molecule has 0 aromatic carbocycles. The smallest absolute Gasteiger partial charge is 0.377 e. The normalized spacial score (nSPS) is 12.3. The van der Waals surface area contributed by atoms with Crippen molar-refractivity contribution >= 4 is 17.6 Å². The van der Waals surface area contributed by atoms with Crippen LogP contribution >= 0.6 is 0 Å². The van der Waals surface area contributed by atoms with Crippen LogP contribution < -0.4 is 0 Å². The molecule has 8 heteroatoms. The molecule has 0 saturated carbocycles. The van der Waals surface area contributed by atoms with Crippen molar-refractivity contribution in [1.29, 1.82) is 0 Å². The van der Waals surface area contributed by atoms with Crippen LogP contribution in [-0.4, -0.2) is 60.3 Å². The molecular weight excluding hydrogens is 416 g/mol. The van der Waals surface area contributed by atoms with Crippen molar-refractivity contribution in [1.82, 2.24) is 0 Å². The lowest BCUT2D eigenvalue weighted by Gasteiger charge is -2.26. The van der Waals surface area contributed by atoms with Gasteiger partial charge in [0.15, 0.2) is 0 Å². The highest BCUT2D eigenvalue weighted by Crippen LogP contribution is 2.23. The van der Waals surface area contributed by atoms with Crippen LogP contribution in [0.4, 0.5) is 0 Å². The molecule has 0 heterocycles. The van der Waals surface area contributed by atoms with Crippen LogP contribution in [0.3, 0.4) is 0 Å². The molecule has 0 aromatic heterocycles. The molecule has 1 atom stereocenters. The summed E-state index contributed by atoms with van der Waals surface area (Å²) in [5, 5.41) is 0. The predicted octanol–water partition coefficient (Wildman–Crippen LogP) is 6.26. The van der Waals surface area contributed by atoms with Gasteiger partial charge in [-0.1, -0.05) is 79.2 Å². The van der Waals surface area contributed by atoms with E-state index in [1.165, 1.54) is 44.9 Å². The van der Waals surface area contributed by atoms with E-state index in [2.05, 4.69) is 34.3 Å². The molecule has 0 aliphatic rings. The van der Waals surface area contributed by atoms with Gasteiger partial charge in [0.25, 0.3) is 0 Å². The van der Waals surface area contributed by atoms with E-state index in [9.17, 15) is 0 Å².